The van der Waals surface area contributed by atoms with Crippen LogP contribution in [0.2, 0.25) is 0 Å². The number of carbonyl (C=O) groups excluding carboxylic acids is 1. The molecule has 32 heavy (non-hydrogen) atoms. The number of aryl methyl sites for hydroxylation is 1. The van der Waals surface area contributed by atoms with Gasteiger partial charge in [-0.25, -0.2) is 14.6 Å². The van der Waals surface area contributed by atoms with Gasteiger partial charge in [-0.3, -0.25) is 9.69 Å². The Hall–Kier alpha value is -4.00. The highest BCUT2D eigenvalue weighted by Gasteiger charge is 2.28. The number of carbonyl (C=O) groups is 1. The number of anilines is 1. The van der Waals surface area contributed by atoms with Gasteiger partial charge in [0.2, 0.25) is 5.95 Å². The van der Waals surface area contributed by atoms with Crippen LogP contribution in [0.1, 0.15) is 32.6 Å². The monoisotopic (exact) mass is 425 g/mol. The van der Waals surface area contributed by atoms with Crippen LogP contribution >= 0.6 is 0 Å². The molecule has 0 atom stereocenters. The molecule has 0 unspecified atom stereocenters. The first-order valence-electron chi connectivity index (χ1n) is 10.5. The van der Waals surface area contributed by atoms with Crippen LogP contribution < -0.4 is 9.64 Å². The zero-order valence-corrected chi connectivity index (χ0v) is 18.0. The molecule has 5 rings (SSSR count). The predicted molar refractivity (Wildman–Crippen MR) is 122 cm³/mol. The van der Waals surface area contributed by atoms with E-state index in [9.17, 15) is 4.79 Å². The molecule has 7 heteroatoms. The Labute approximate surface area is 186 Å². The average molecular weight is 425 g/mol. The number of methoxy groups -OCH3 is 1. The van der Waals surface area contributed by atoms with Gasteiger partial charge >= 0.3 is 0 Å². The zero-order valence-electron chi connectivity index (χ0n) is 18.0. The summed E-state index contributed by atoms with van der Waals surface area (Å²) in [6.07, 6.45) is 8.38. The molecule has 1 amide bonds. The molecule has 0 radical (unpaired) electrons. The molecular formula is C25H23N5O2. The quantitative estimate of drug-likeness (QED) is 0.487. The molecular weight excluding hydrogens is 402 g/mol. The van der Waals surface area contributed by atoms with E-state index in [1.165, 1.54) is 11.1 Å². The summed E-state index contributed by atoms with van der Waals surface area (Å²) in [6, 6.07) is 14.4. The van der Waals surface area contributed by atoms with Gasteiger partial charge in [0.25, 0.3) is 5.91 Å². The Morgan fingerprint density at radius 3 is 2.56 bits per heavy atom. The Kier molecular flexibility index (Phi) is 5.15. The van der Waals surface area contributed by atoms with Crippen molar-refractivity contribution in [3.8, 4) is 11.4 Å². The normalized spacial score (nSPS) is 13.2. The van der Waals surface area contributed by atoms with E-state index in [1.807, 2.05) is 23.0 Å². The van der Waals surface area contributed by atoms with Crippen molar-refractivity contribution in [1.82, 2.24) is 19.7 Å². The van der Waals surface area contributed by atoms with Gasteiger partial charge in [0.1, 0.15) is 0 Å². The minimum atomic E-state index is -0.0632. The molecule has 7 nitrogen and oxygen atoms in total. The van der Waals surface area contributed by atoms with E-state index >= 15 is 0 Å². The Morgan fingerprint density at radius 2 is 1.88 bits per heavy atom. The molecule has 0 fully saturated rings. The van der Waals surface area contributed by atoms with E-state index in [1.54, 1.807) is 30.6 Å². The summed E-state index contributed by atoms with van der Waals surface area (Å²) in [6.45, 7) is 2.67. The van der Waals surface area contributed by atoms with Crippen LogP contribution in [-0.4, -0.2) is 39.3 Å². The molecule has 1 aliphatic rings. The first-order chi connectivity index (χ1) is 15.6. The standard InChI is InChI=1S/C25H23N5O2/c1-17-12-19-8-11-29(25-26-15-22(32-2)16-27-25)24(31)23(19)14-20(17)13-18-4-6-21(7-5-18)30-10-3-9-28-30/h3-7,9-10,12,14-16H,8,11,13H2,1-2H3. The number of hydrogen-bond acceptors (Lipinski definition) is 5. The molecule has 3 heterocycles. The highest BCUT2D eigenvalue weighted by Crippen LogP contribution is 2.27. The second-order valence-electron chi connectivity index (χ2n) is 7.86. The summed E-state index contributed by atoms with van der Waals surface area (Å²) in [4.78, 5) is 23.5. The topological polar surface area (TPSA) is 73.1 Å². The first kappa shape index (κ1) is 19.9. The van der Waals surface area contributed by atoms with Crippen molar-refractivity contribution in [1.29, 1.82) is 0 Å². The number of fused-ring (bicyclic) bond motifs is 1. The third kappa shape index (κ3) is 3.73. The number of ether oxygens (including phenoxy) is 1. The Bertz CT molecular complexity index is 1250. The molecule has 0 N–H and O–H groups in total. The van der Waals surface area contributed by atoms with Crippen molar-refractivity contribution in [2.45, 2.75) is 19.8 Å². The van der Waals surface area contributed by atoms with Gasteiger partial charge < -0.3 is 4.74 Å². The summed E-state index contributed by atoms with van der Waals surface area (Å²) in [5, 5.41) is 4.27. The van der Waals surface area contributed by atoms with E-state index in [0.29, 0.717) is 18.2 Å². The summed E-state index contributed by atoms with van der Waals surface area (Å²) in [7, 11) is 1.56. The lowest BCUT2D eigenvalue weighted by Gasteiger charge is -2.28. The van der Waals surface area contributed by atoms with E-state index in [-0.39, 0.29) is 5.91 Å². The van der Waals surface area contributed by atoms with E-state index in [2.05, 4.69) is 52.3 Å². The zero-order chi connectivity index (χ0) is 22.1. The molecule has 0 aliphatic carbocycles. The number of rotatable bonds is 5. The molecule has 0 saturated carbocycles. The van der Waals surface area contributed by atoms with Crippen LogP contribution in [0.15, 0.2) is 67.3 Å². The second kappa shape index (κ2) is 8.26. The smallest absolute Gasteiger partial charge is 0.260 e. The van der Waals surface area contributed by atoms with Gasteiger partial charge in [-0.05, 0) is 66.3 Å². The molecule has 0 saturated heterocycles. The van der Waals surface area contributed by atoms with Crippen LogP contribution in [0.5, 0.6) is 5.75 Å². The summed E-state index contributed by atoms with van der Waals surface area (Å²) < 4.78 is 6.96. The van der Waals surface area contributed by atoms with Gasteiger partial charge in [0.05, 0.1) is 25.2 Å². The van der Waals surface area contributed by atoms with E-state index in [0.717, 1.165) is 35.2 Å². The number of benzene rings is 2. The minimum absolute atomic E-state index is 0.0632. The van der Waals surface area contributed by atoms with Gasteiger partial charge in [-0.2, -0.15) is 5.10 Å². The molecule has 2 aromatic carbocycles. The molecule has 2 aromatic heterocycles. The van der Waals surface area contributed by atoms with Crippen LogP contribution in [0.25, 0.3) is 5.69 Å². The maximum absolute atomic E-state index is 13.3. The van der Waals surface area contributed by atoms with E-state index < -0.39 is 0 Å². The van der Waals surface area contributed by atoms with Crippen molar-refractivity contribution in [2.75, 3.05) is 18.6 Å². The third-order valence-corrected chi connectivity index (χ3v) is 5.83. The highest BCUT2D eigenvalue weighted by molar-refractivity contribution is 6.07. The number of hydrogen-bond donors (Lipinski definition) is 0. The lowest BCUT2D eigenvalue weighted by atomic mass is 9.91. The van der Waals surface area contributed by atoms with Crippen molar-refractivity contribution >= 4 is 11.9 Å². The summed E-state index contributed by atoms with van der Waals surface area (Å²) in [5.74, 6) is 0.902. The van der Waals surface area contributed by atoms with E-state index in [4.69, 9.17) is 4.74 Å². The second-order valence-corrected chi connectivity index (χ2v) is 7.86. The van der Waals surface area contributed by atoms with Crippen molar-refractivity contribution < 1.29 is 9.53 Å². The maximum Gasteiger partial charge on any atom is 0.260 e. The van der Waals surface area contributed by atoms with Crippen molar-refractivity contribution in [3.63, 3.8) is 0 Å². The minimum Gasteiger partial charge on any atom is -0.494 e. The van der Waals surface area contributed by atoms with Gasteiger partial charge in [0.15, 0.2) is 5.75 Å². The fourth-order valence-corrected chi connectivity index (χ4v) is 4.04. The van der Waals surface area contributed by atoms with Crippen molar-refractivity contribution in [2.24, 2.45) is 0 Å². The lowest BCUT2D eigenvalue weighted by molar-refractivity contribution is 0.0978. The highest BCUT2D eigenvalue weighted by atomic mass is 16.5. The third-order valence-electron chi connectivity index (χ3n) is 5.83. The van der Waals surface area contributed by atoms with Crippen LogP contribution in [0.3, 0.4) is 0 Å². The summed E-state index contributed by atoms with van der Waals surface area (Å²) in [5.41, 5.74) is 6.34. The predicted octanol–water partition coefficient (Wildman–Crippen LogP) is 3.77. The summed E-state index contributed by atoms with van der Waals surface area (Å²) >= 11 is 0. The molecule has 4 aromatic rings. The van der Waals surface area contributed by atoms with Crippen molar-refractivity contribution in [3.05, 3.63) is 95.1 Å². The molecule has 0 bridgehead atoms. The Morgan fingerprint density at radius 1 is 1.09 bits per heavy atom. The number of amides is 1. The van der Waals surface area contributed by atoms with Gasteiger partial charge in [-0.1, -0.05) is 18.2 Å². The molecule has 160 valence electrons. The fraction of sp³-hybridized carbons (Fsp3) is 0.200. The maximum atomic E-state index is 13.3. The van der Waals surface area contributed by atoms with Crippen LogP contribution in [-0.2, 0) is 12.8 Å². The fourth-order valence-electron chi connectivity index (χ4n) is 4.04. The number of aromatic nitrogens is 4. The SMILES string of the molecule is COc1cnc(N2CCc3cc(C)c(Cc4ccc(-n5cccn5)cc4)cc3C2=O)nc1. The lowest BCUT2D eigenvalue weighted by Crippen LogP contribution is -2.39. The van der Waals surface area contributed by atoms with Crippen LogP contribution in [0, 0.1) is 6.92 Å². The van der Waals surface area contributed by atoms with Crippen LogP contribution in [0.4, 0.5) is 5.95 Å². The molecule has 1 aliphatic heterocycles. The van der Waals surface area contributed by atoms with Gasteiger partial charge in [-0.15, -0.1) is 0 Å². The first-order valence-corrected chi connectivity index (χ1v) is 10.5. The molecule has 0 spiro atoms. The van der Waals surface area contributed by atoms with Gasteiger partial charge in [0, 0.05) is 24.5 Å². The number of nitrogens with zero attached hydrogens (tertiary/aromatic N) is 5. The average Bonchev–Trinajstić information content (AvgIpc) is 3.36. The largest absolute Gasteiger partial charge is 0.494 e. The Balaban J connectivity index is 1.40.